The predicted octanol–water partition coefficient (Wildman–Crippen LogP) is 2.18. The van der Waals surface area contributed by atoms with Gasteiger partial charge in [-0.3, -0.25) is 4.79 Å². The van der Waals surface area contributed by atoms with Crippen LogP contribution in [0.1, 0.15) is 20.8 Å². The SMILES string of the molecule is CC(C)(C)C(N)C(=O)Nc1cccc(-n2ccnc2)c1. The lowest BCUT2D eigenvalue weighted by atomic mass is 9.87. The summed E-state index contributed by atoms with van der Waals surface area (Å²) in [5.41, 5.74) is 7.33. The summed E-state index contributed by atoms with van der Waals surface area (Å²) in [6, 6.07) is 7.00. The van der Waals surface area contributed by atoms with E-state index in [0.717, 1.165) is 11.4 Å². The molecule has 0 saturated heterocycles. The van der Waals surface area contributed by atoms with Gasteiger partial charge in [-0.2, -0.15) is 0 Å². The number of carbonyl (C=O) groups is 1. The molecule has 3 N–H and O–H groups in total. The fraction of sp³-hybridized carbons (Fsp3) is 0.333. The van der Waals surface area contributed by atoms with Crippen molar-refractivity contribution >= 4 is 11.6 Å². The zero-order chi connectivity index (χ0) is 14.8. The fourth-order valence-electron chi connectivity index (χ4n) is 1.77. The van der Waals surface area contributed by atoms with Crippen LogP contribution in [0.15, 0.2) is 43.0 Å². The van der Waals surface area contributed by atoms with Crippen LogP contribution in [0.3, 0.4) is 0 Å². The number of amides is 1. The molecule has 0 spiro atoms. The molecule has 2 aromatic rings. The van der Waals surface area contributed by atoms with Gasteiger partial charge in [0.05, 0.1) is 12.4 Å². The summed E-state index contributed by atoms with van der Waals surface area (Å²) in [5.74, 6) is -0.180. The van der Waals surface area contributed by atoms with E-state index >= 15 is 0 Å². The van der Waals surface area contributed by atoms with Gasteiger partial charge < -0.3 is 15.6 Å². The number of nitrogens with two attached hydrogens (primary N) is 1. The third-order valence-corrected chi connectivity index (χ3v) is 3.13. The summed E-state index contributed by atoms with van der Waals surface area (Å²) in [6.45, 7) is 5.83. The first-order valence-corrected chi connectivity index (χ1v) is 6.53. The van der Waals surface area contributed by atoms with Gasteiger partial charge >= 0.3 is 0 Å². The Morgan fingerprint density at radius 3 is 2.75 bits per heavy atom. The Labute approximate surface area is 118 Å². The monoisotopic (exact) mass is 272 g/mol. The number of imidazole rings is 1. The lowest BCUT2D eigenvalue weighted by molar-refractivity contribution is -0.119. The van der Waals surface area contributed by atoms with Crippen LogP contribution in [-0.2, 0) is 4.79 Å². The molecule has 0 saturated carbocycles. The Balaban J connectivity index is 2.15. The van der Waals surface area contributed by atoms with E-state index < -0.39 is 6.04 Å². The minimum absolute atomic E-state index is 0.180. The number of nitrogens with one attached hydrogen (secondary N) is 1. The first kappa shape index (κ1) is 14.3. The van der Waals surface area contributed by atoms with Crippen molar-refractivity contribution in [1.29, 1.82) is 0 Å². The highest BCUT2D eigenvalue weighted by atomic mass is 16.2. The second kappa shape index (κ2) is 5.46. The summed E-state index contributed by atoms with van der Waals surface area (Å²) in [4.78, 5) is 16.1. The molecule has 5 nitrogen and oxygen atoms in total. The minimum Gasteiger partial charge on any atom is -0.325 e. The Hall–Kier alpha value is -2.14. The van der Waals surface area contributed by atoms with Crippen molar-refractivity contribution < 1.29 is 4.79 Å². The second-order valence-corrected chi connectivity index (χ2v) is 5.85. The summed E-state index contributed by atoms with van der Waals surface area (Å²) >= 11 is 0. The molecule has 2 rings (SSSR count). The van der Waals surface area contributed by atoms with Crippen molar-refractivity contribution in [3.8, 4) is 5.69 Å². The van der Waals surface area contributed by atoms with Gasteiger partial charge in [0, 0.05) is 23.8 Å². The maximum atomic E-state index is 12.1. The van der Waals surface area contributed by atoms with Crippen molar-refractivity contribution in [2.24, 2.45) is 11.1 Å². The molecular formula is C15H20N4O. The van der Waals surface area contributed by atoms with Crippen LogP contribution in [0, 0.1) is 5.41 Å². The highest BCUT2D eigenvalue weighted by Crippen LogP contribution is 2.20. The molecule has 0 fully saturated rings. The van der Waals surface area contributed by atoms with Crippen molar-refractivity contribution in [2.75, 3.05) is 5.32 Å². The Bertz CT molecular complexity index is 584. The number of nitrogens with zero attached hydrogens (tertiary/aromatic N) is 2. The number of rotatable bonds is 3. The standard InChI is InChI=1S/C15H20N4O/c1-15(2,3)13(16)14(20)18-11-5-4-6-12(9-11)19-8-7-17-10-19/h4-10,13H,16H2,1-3H3,(H,18,20). The van der Waals surface area contributed by atoms with E-state index in [-0.39, 0.29) is 11.3 Å². The van der Waals surface area contributed by atoms with Gasteiger partial charge in [0.15, 0.2) is 0 Å². The van der Waals surface area contributed by atoms with E-state index in [4.69, 9.17) is 5.73 Å². The topological polar surface area (TPSA) is 72.9 Å². The number of hydrogen-bond donors (Lipinski definition) is 2. The number of anilines is 1. The molecule has 106 valence electrons. The summed E-state index contributed by atoms with van der Waals surface area (Å²) in [5, 5.41) is 2.85. The third kappa shape index (κ3) is 3.24. The van der Waals surface area contributed by atoms with Crippen LogP contribution in [0.2, 0.25) is 0 Å². The van der Waals surface area contributed by atoms with Gasteiger partial charge in [-0.15, -0.1) is 0 Å². The van der Waals surface area contributed by atoms with Crippen molar-refractivity contribution in [2.45, 2.75) is 26.8 Å². The van der Waals surface area contributed by atoms with E-state index in [0.29, 0.717) is 0 Å². The molecule has 0 aliphatic rings. The van der Waals surface area contributed by atoms with Crippen LogP contribution in [0.4, 0.5) is 5.69 Å². The molecule has 1 aromatic carbocycles. The minimum atomic E-state index is -0.556. The lowest BCUT2D eigenvalue weighted by Gasteiger charge is -2.25. The molecule has 0 bridgehead atoms. The van der Waals surface area contributed by atoms with E-state index in [9.17, 15) is 4.79 Å². The van der Waals surface area contributed by atoms with Crippen LogP contribution in [0.25, 0.3) is 5.69 Å². The van der Waals surface area contributed by atoms with Crippen molar-refractivity contribution in [3.63, 3.8) is 0 Å². The van der Waals surface area contributed by atoms with E-state index in [1.807, 2.05) is 55.8 Å². The van der Waals surface area contributed by atoms with Crippen LogP contribution < -0.4 is 11.1 Å². The molecule has 5 heteroatoms. The quantitative estimate of drug-likeness (QED) is 0.899. The predicted molar refractivity (Wildman–Crippen MR) is 79.6 cm³/mol. The normalized spacial score (nSPS) is 13.0. The molecule has 1 aromatic heterocycles. The molecule has 1 atom stereocenters. The fourth-order valence-corrected chi connectivity index (χ4v) is 1.77. The number of benzene rings is 1. The number of carbonyl (C=O) groups excluding carboxylic acids is 1. The Morgan fingerprint density at radius 1 is 1.40 bits per heavy atom. The van der Waals surface area contributed by atoms with Gasteiger partial charge in [0.2, 0.25) is 5.91 Å². The van der Waals surface area contributed by atoms with Crippen LogP contribution in [-0.4, -0.2) is 21.5 Å². The van der Waals surface area contributed by atoms with Gasteiger partial charge in [0.1, 0.15) is 0 Å². The highest BCUT2D eigenvalue weighted by molar-refractivity contribution is 5.95. The molecular weight excluding hydrogens is 252 g/mol. The van der Waals surface area contributed by atoms with Crippen LogP contribution in [0.5, 0.6) is 0 Å². The molecule has 20 heavy (non-hydrogen) atoms. The van der Waals surface area contributed by atoms with E-state index in [1.165, 1.54) is 0 Å². The Kier molecular flexibility index (Phi) is 3.90. The lowest BCUT2D eigenvalue weighted by Crippen LogP contribution is -2.45. The Morgan fingerprint density at radius 2 is 2.15 bits per heavy atom. The maximum absolute atomic E-state index is 12.1. The molecule has 1 amide bonds. The zero-order valence-corrected chi connectivity index (χ0v) is 12.0. The zero-order valence-electron chi connectivity index (χ0n) is 12.0. The number of hydrogen-bond acceptors (Lipinski definition) is 3. The molecule has 1 unspecified atom stereocenters. The summed E-state index contributed by atoms with van der Waals surface area (Å²) < 4.78 is 1.87. The average Bonchev–Trinajstić information content (AvgIpc) is 2.91. The average molecular weight is 272 g/mol. The van der Waals surface area contributed by atoms with Gasteiger partial charge in [-0.25, -0.2) is 4.98 Å². The smallest absolute Gasteiger partial charge is 0.241 e. The van der Waals surface area contributed by atoms with E-state index in [2.05, 4.69) is 10.3 Å². The first-order chi connectivity index (χ1) is 9.38. The third-order valence-electron chi connectivity index (χ3n) is 3.13. The van der Waals surface area contributed by atoms with Crippen molar-refractivity contribution in [1.82, 2.24) is 9.55 Å². The second-order valence-electron chi connectivity index (χ2n) is 5.85. The van der Waals surface area contributed by atoms with Crippen molar-refractivity contribution in [3.05, 3.63) is 43.0 Å². The molecule has 0 radical (unpaired) electrons. The number of aromatic nitrogens is 2. The summed E-state index contributed by atoms with van der Waals surface area (Å²) in [6.07, 6.45) is 5.27. The van der Waals surface area contributed by atoms with Gasteiger partial charge in [0.25, 0.3) is 0 Å². The molecule has 0 aliphatic carbocycles. The molecule has 1 heterocycles. The van der Waals surface area contributed by atoms with Gasteiger partial charge in [-0.05, 0) is 23.6 Å². The highest BCUT2D eigenvalue weighted by Gasteiger charge is 2.27. The largest absolute Gasteiger partial charge is 0.325 e. The maximum Gasteiger partial charge on any atom is 0.241 e. The molecule has 0 aliphatic heterocycles. The van der Waals surface area contributed by atoms with Gasteiger partial charge in [-0.1, -0.05) is 26.8 Å². The van der Waals surface area contributed by atoms with E-state index in [1.54, 1.807) is 12.5 Å². The first-order valence-electron chi connectivity index (χ1n) is 6.53. The summed E-state index contributed by atoms with van der Waals surface area (Å²) in [7, 11) is 0. The van der Waals surface area contributed by atoms with Crippen LogP contribution >= 0.6 is 0 Å².